The number of carboxylic acid groups (broad SMARTS) is 1. The molecule has 0 heterocycles. The monoisotopic (exact) mass is 347 g/mol. The van der Waals surface area contributed by atoms with Crippen LogP contribution in [0.2, 0.25) is 0 Å². The highest BCUT2D eigenvalue weighted by atomic mass is 79.9. The number of hydrogen-bond acceptors (Lipinski definition) is 2. The third kappa shape index (κ3) is 3.70. The van der Waals surface area contributed by atoms with E-state index in [-0.39, 0.29) is 12.5 Å². The van der Waals surface area contributed by atoms with Crippen LogP contribution < -0.4 is 4.90 Å². The van der Waals surface area contributed by atoms with Crippen LogP contribution in [0.25, 0.3) is 0 Å². The van der Waals surface area contributed by atoms with Gasteiger partial charge in [-0.3, -0.25) is 14.5 Å². The first-order valence-electron chi connectivity index (χ1n) is 6.34. The number of benzene rings is 2. The number of hydrogen-bond donors (Lipinski definition) is 1. The van der Waals surface area contributed by atoms with Crippen molar-refractivity contribution >= 4 is 33.5 Å². The highest BCUT2D eigenvalue weighted by Gasteiger charge is 2.22. The van der Waals surface area contributed by atoms with Gasteiger partial charge in [0.05, 0.1) is 5.56 Å². The Kier molecular flexibility index (Phi) is 4.75. The minimum atomic E-state index is -1.06. The summed E-state index contributed by atoms with van der Waals surface area (Å²) in [7, 11) is 0. The molecule has 0 saturated carbocycles. The van der Waals surface area contributed by atoms with E-state index in [2.05, 4.69) is 15.9 Å². The van der Waals surface area contributed by atoms with Crippen LogP contribution in [0.5, 0.6) is 0 Å². The summed E-state index contributed by atoms with van der Waals surface area (Å²) in [6, 6.07) is 14.1. The van der Waals surface area contributed by atoms with Crippen molar-refractivity contribution in [2.45, 2.75) is 6.92 Å². The van der Waals surface area contributed by atoms with Gasteiger partial charge in [0.15, 0.2) is 0 Å². The second-order valence-electron chi connectivity index (χ2n) is 4.60. The fourth-order valence-corrected chi connectivity index (χ4v) is 2.63. The predicted octanol–water partition coefficient (Wildman–Crippen LogP) is 3.49. The van der Waals surface area contributed by atoms with Crippen LogP contribution in [0.4, 0.5) is 5.69 Å². The molecule has 0 aliphatic heterocycles. The molecule has 0 aliphatic rings. The Hall–Kier alpha value is -2.14. The zero-order chi connectivity index (χ0) is 15.4. The first-order chi connectivity index (χ1) is 9.99. The lowest BCUT2D eigenvalue weighted by molar-refractivity contribution is -0.135. The van der Waals surface area contributed by atoms with E-state index in [1.165, 1.54) is 4.90 Å². The molecule has 5 heteroatoms. The summed E-state index contributed by atoms with van der Waals surface area (Å²) in [6.07, 6.45) is 0. The van der Waals surface area contributed by atoms with Crippen LogP contribution in [-0.2, 0) is 4.79 Å². The van der Waals surface area contributed by atoms with E-state index < -0.39 is 5.97 Å². The van der Waals surface area contributed by atoms with Gasteiger partial charge in [-0.2, -0.15) is 0 Å². The Morgan fingerprint density at radius 3 is 2.38 bits per heavy atom. The number of carbonyl (C=O) groups excluding carboxylic acids is 1. The van der Waals surface area contributed by atoms with Gasteiger partial charge in [-0.1, -0.05) is 24.3 Å². The number of anilines is 1. The summed E-state index contributed by atoms with van der Waals surface area (Å²) in [5.41, 5.74) is 2.01. The van der Waals surface area contributed by atoms with E-state index in [1.54, 1.807) is 30.3 Å². The van der Waals surface area contributed by atoms with Crippen molar-refractivity contribution < 1.29 is 14.7 Å². The van der Waals surface area contributed by atoms with Crippen molar-refractivity contribution in [2.75, 3.05) is 11.4 Å². The lowest BCUT2D eigenvalue weighted by Crippen LogP contribution is -2.35. The van der Waals surface area contributed by atoms with Crippen LogP contribution in [0, 0.1) is 6.92 Å². The Balaban J connectivity index is 2.41. The van der Waals surface area contributed by atoms with Crippen molar-refractivity contribution in [3.05, 3.63) is 64.1 Å². The standard InChI is InChI=1S/C16H14BrNO3/c1-11-7-8-13(14(17)9-11)16(21)18(10-15(19)20)12-5-3-2-4-6-12/h2-9H,10H2,1H3,(H,19,20). The molecule has 2 aromatic carbocycles. The van der Waals surface area contributed by atoms with Crippen molar-refractivity contribution in [2.24, 2.45) is 0 Å². The van der Waals surface area contributed by atoms with Gasteiger partial charge in [0.25, 0.3) is 5.91 Å². The summed E-state index contributed by atoms with van der Waals surface area (Å²) < 4.78 is 0.652. The average Bonchev–Trinajstić information content (AvgIpc) is 2.45. The lowest BCUT2D eigenvalue weighted by Gasteiger charge is -2.21. The molecule has 0 saturated heterocycles. The topological polar surface area (TPSA) is 57.6 Å². The third-order valence-electron chi connectivity index (χ3n) is 2.96. The van der Waals surface area contributed by atoms with E-state index in [0.29, 0.717) is 15.7 Å². The predicted molar refractivity (Wildman–Crippen MR) is 84.6 cm³/mol. The fraction of sp³-hybridized carbons (Fsp3) is 0.125. The van der Waals surface area contributed by atoms with E-state index in [1.807, 2.05) is 25.1 Å². The first kappa shape index (κ1) is 15.3. The van der Waals surface area contributed by atoms with Crippen LogP contribution in [0.1, 0.15) is 15.9 Å². The van der Waals surface area contributed by atoms with Crippen LogP contribution in [-0.4, -0.2) is 23.5 Å². The number of para-hydroxylation sites is 1. The number of carboxylic acids is 1. The van der Waals surface area contributed by atoms with Crippen LogP contribution in [0.3, 0.4) is 0 Å². The zero-order valence-electron chi connectivity index (χ0n) is 11.4. The molecule has 0 atom stereocenters. The molecule has 0 aromatic heterocycles. The quantitative estimate of drug-likeness (QED) is 0.920. The zero-order valence-corrected chi connectivity index (χ0v) is 13.0. The highest BCUT2D eigenvalue weighted by Crippen LogP contribution is 2.23. The van der Waals surface area contributed by atoms with Gasteiger partial charge >= 0.3 is 5.97 Å². The summed E-state index contributed by atoms with van der Waals surface area (Å²) >= 11 is 3.36. The van der Waals surface area contributed by atoms with E-state index >= 15 is 0 Å². The fourth-order valence-electron chi connectivity index (χ4n) is 1.96. The third-order valence-corrected chi connectivity index (χ3v) is 3.62. The van der Waals surface area contributed by atoms with Gasteiger partial charge in [0.2, 0.25) is 0 Å². The van der Waals surface area contributed by atoms with Gasteiger partial charge in [0, 0.05) is 10.2 Å². The molecular weight excluding hydrogens is 334 g/mol. The van der Waals surface area contributed by atoms with Crippen molar-refractivity contribution in [1.29, 1.82) is 0 Å². The minimum absolute atomic E-state index is 0.351. The molecule has 21 heavy (non-hydrogen) atoms. The van der Waals surface area contributed by atoms with Gasteiger partial charge in [-0.05, 0) is 52.7 Å². The molecule has 108 valence electrons. The van der Waals surface area contributed by atoms with E-state index in [0.717, 1.165) is 5.56 Å². The molecule has 2 aromatic rings. The summed E-state index contributed by atoms with van der Waals surface area (Å²) in [6.45, 7) is 1.54. The molecule has 0 bridgehead atoms. The molecule has 0 spiro atoms. The van der Waals surface area contributed by atoms with Gasteiger partial charge in [0.1, 0.15) is 6.54 Å². The number of amides is 1. The van der Waals surface area contributed by atoms with Gasteiger partial charge < -0.3 is 5.11 Å². The Bertz CT molecular complexity index is 670. The molecule has 2 rings (SSSR count). The smallest absolute Gasteiger partial charge is 0.323 e. The number of aliphatic carboxylic acids is 1. The van der Waals surface area contributed by atoms with Crippen molar-refractivity contribution in [1.82, 2.24) is 0 Å². The minimum Gasteiger partial charge on any atom is -0.480 e. The summed E-state index contributed by atoms with van der Waals surface area (Å²) in [5, 5.41) is 9.05. The molecule has 0 fully saturated rings. The number of nitrogens with zero attached hydrogens (tertiary/aromatic N) is 1. The molecule has 4 nitrogen and oxygen atoms in total. The van der Waals surface area contributed by atoms with Gasteiger partial charge in [-0.15, -0.1) is 0 Å². The number of halogens is 1. The second-order valence-corrected chi connectivity index (χ2v) is 5.46. The Morgan fingerprint density at radius 2 is 1.81 bits per heavy atom. The molecule has 0 radical (unpaired) electrons. The lowest BCUT2D eigenvalue weighted by atomic mass is 10.1. The van der Waals surface area contributed by atoms with Crippen molar-refractivity contribution in [3.63, 3.8) is 0 Å². The summed E-state index contributed by atoms with van der Waals surface area (Å²) in [4.78, 5) is 24.9. The number of carbonyl (C=O) groups is 2. The molecular formula is C16H14BrNO3. The maximum absolute atomic E-state index is 12.6. The highest BCUT2D eigenvalue weighted by molar-refractivity contribution is 9.10. The first-order valence-corrected chi connectivity index (χ1v) is 7.13. The second kappa shape index (κ2) is 6.54. The maximum atomic E-state index is 12.6. The number of aryl methyl sites for hydroxylation is 1. The van der Waals surface area contributed by atoms with Crippen LogP contribution >= 0.6 is 15.9 Å². The van der Waals surface area contributed by atoms with E-state index in [9.17, 15) is 9.59 Å². The summed E-state index contributed by atoms with van der Waals surface area (Å²) in [5.74, 6) is -1.41. The van der Waals surface area contributed by atoms with Crippen LogP contribution in [0.15, 0.2) is 53.0 Å². The SMILES string of the molecule is Cc1ccc(C(=O)N(CC(=O)O)c2ccccc2)c(Br)c1. The van der Waals surface area contributed by atoms with Gasteiger partial charge in [-0.25, -0.2) is 0 Å². The largest absolute Gasteiger partial charge is 0.480 e. The molecule has 0 aliphatic carbocycles. The van der Waals surface area contributed by atoms with E-state index in [4.69, 9.17) is 5.11 Å². The molecule has 1 N–H and O–H groups in total. The Morgan fingerprint density at radius 1 is 1.14 bits per heavy atom. The maximum Gasteiger partial charge on any atom is 0.323 e. The van der Waals surface area contributed by atoms with Crippen molar-refractivity contribution in [3.8, 4) is 0 Å². The average molecular weight is 348 g/mol. The Labute approximate surface area is 131 Å². The molecule has 1 amide bonds. The molecule has 0 unspecified atom stereocenters. The number of rotatable bonds is 4. The normalized spacial score (nSPS) is 10.2.